The zero-order chi connectivity index (χ0) is 10.3. The van der Waals surface area contributed by atoms with Gasteiger partial charge in [0, 0.05) is 19.3 Å². The number of hydrogen-bond donors (Lipinski definition) is 0. The topological polar surface area (TPSA) is 35.5 Å². The lowest BCUT2D eigenvalue weighted by atomic mass is 9.92. The standard InChI is InChI=1S/C11H16O3/c1-7-9(12)8-5-4-6-14-10(8)11(7,2)13-3/h8,10H,1,4-6H2,2-3H3/t8-,10-,11-/m0/s1. The van der Waals surface area contributed by atoms with E-state index in [1.165, 1.54) is 0 Å². The highest BCUT2D eigenvalue weighted by Gasteiger charge is 2.55. The minimum atomic E-state index is -0.609. The molecule has 0 aromatic rings. The molecule has 2 aliphatic rings. The molecule has 3 heteroatoms. The summed E-state index contributed by atoms with van der Waals surface area (Å²) in [5.41, 5.74) is -0.0424. The van der Waals surface area contributed by atoms with Crippen LogP contribution in [-0.2, 0) is 14.3 Å². The Morgan fingerprint density at radius 1 is 1.64 bits per heavy atom. The number of ether oxygens (including phenoxy) is 2. The molecule has 0 unspecified atom stereocenters. The summed E-state index contributed by atoms with van der Waals surface area (Å²) in [7, 11) is 1.61. The van der Waals surface area contributed by atoms with Crippen LogP contribution >= 0.6 is 0 Å². The lowest BCUT2D eigenvalue weighted by molar-refractivity contribution is -0.132. The molecule has 3 atom stereocenters. The first-order chi connectivity index (χ1) is 6.61. The molecule has 0 spiro atoms. The van der Waals surface area contributed by atoms with Gasteiger partial charge in [-0.05, 0) is 19.8 Å². The molecular weight excluding hydrogens is 180 g/mol. The smallest absolute Gasteiger partial charge is 0.167 e. The predicted molar refractivity (Wildman–Crippen MR) is 52.0 cm³/mol. The molecule has 0 bridgehead atoms. The minimum Gasteiger partial charge on any atom is -0.374 e. The van der Waals surface area contributed by atoms with E-state index < -0.39 is 5.60 Å². The van der Waals surface area contributed by atoms with Crippen LogP contribution in [0.1, 0.15) is 19.8 Å². The Kier molecular flexibility index (Phi) is 2.24. The first kappa shape index (κ1) is 9.87. The molecule has 2 rings (SSSR count). The largest absolute Gasteiger partial charge is 0.374 e. The second kappa shape index (κ2) is 3.17. The minimum absolute atomic E-state index is 0.0267. The normalized spacial score (nSPS) is 42.7. The van der Waals surface area contributed by atoms with E-state index in [0.29, 0.717) is 5.57 Å². The molecule has 0 N–H and O–H groups in total. The molecule has 0 aromatic carbocycles. The molecule has 78 valence electrons. The van der Waals surface area contributed by atoms with Gasteiger partial charge >= 0.3 is 0 Å². The van der Waals surface area contributed by atoms with Crippen LogP contribution in [0.25, 0.3) is 0 Å². The van der Waals surface area contributed by atoms with Crippen molar-refractivity contribution < 1.29 is 14.3 Å². The van der Waals surface area contributed by atoms with Crippen LogP contribution in [0.3, 0.4) is 0 Å². The number of carbonyl (C=O) groups excluding carboxylic acids is 1. The Balaban J connectivity index is 2.35. The molecule has 0 aromatic heterocycles. The third-order valence-corrected chi connectivity index (χ3v) is 3.52. The molecule has 1 aliphatic carbocycles. The highest BCUT2D eigenvalue weighted by molar-refractivity contribution is 6.02. The second-order valence-electron chi connectivity index (χ2n) is 4.19. The van der Waals surface area contributed by atoms with Gasteiger partial charge in [0.1, 0.15) is 11.7 Å². The second-order valence-corrected chi connectivity index (χ2v) is 4.19. The van der Waals surface area contributed by atoms with E-state index in [4.69, 9.17) is 9.47 Å². The van der Waals surface area contributed by atoms with Gasteiger partial charge in [-0.25, -0.2) is 0 Å². The van der Waals surface area contributed by atoms with E-state index >= 15 is 0 Å². The average molecular weight is 196 g/mol. The number of hydrogen-bond acceptors (Lipinski definition) is 3. The Bertz CT molecular complexity index is 284. The summed E-state index contributed by atoms with van der Waals surface area (Å²) in [4.78, 5) is 11.9. The maximum Gasteiger partial charge on any atom is 0.167 e. The van der Waals surface area contributed by atoms with Crippen LogP contribution < -0.4 is 0 Å². The van der Waals surface area contributed by atoms with Gasteiger partial charge in [0.25, 0.3) is 0 Å². The quantitative estimate of drug-likeness (QED) is 0.593. The van der Waals surface area contributed by atoms with Gasteiger partial charge in [0.05, 0.1) is 5.92 Å². The van der Waals surface area contributed by atoms with E-state index in [0.717, 1.165) is 19.4 Å². The molecule has 1 aliphatic heterocycles. The Morgan fingerprint density at radius 3 is 3.00 bits per heavy atom. The van der Waals surface area contributed by atoms with Crippen molar-refractivity contribution in [1.29, 1.82) is 0 Å². The molecule has 1 saturated heterocycles. The summed E-state index contributed by atoms with van der Waals surface area (Å²) < 4.78 is 11.0. The van der Waals surface area contributed by atoms with Crippen LogP contribution in [0.5, 0.6) is 0 Å². The molecule has 2 fully saturated rings. The maximum absolute atomic E-state index is 11.9. The molecule has 1 saturated carbocycles. The van der Waals surface area contributed by atoms with Crippen molar-refractivity contribution in [3.63, 3.8) is 0 Å². The van der Waals surface area contributed by atoms with E-state index in [2.05, 4.69) is 6.58 Å². The SMILES string of the molecule is C=C1C(=O)[C@@H]2CCCO[C@@H]2[C@@]1(C)OC. The van der Waals surface area contributed by atoms with Crippen LogP contribution in [0.4, 0.5) is 0 Å². The molecule has 14 heavy (non-hydrogen) atoms. The van der Waals surface area contributed by atoms with Gasteiger partial charge in [-0.3, -0.25) is 4.79 Å². The summed E-state index contributed by atoms with van der Waals surface area (Å²) >= 11 is 0. The van der Waals surface area contributed by atoms with Crippen molar-refractivity contribution in [3.05, 3.63) is 12.2 Å². The number of Topliss-reactive ketones (excluding diaryl/α,β-unsaturated/α-hetero) is 1. The summed E-state index contributed by atoms with van der Waals surface area (Å²) in [5.74, 6) is 0.0975. The van der Waals surface area contributed by atoms with Crippen molar-refractivity contribution in [1.82, 2.24) is 0 Å². The van der Waals surface area contributed by atoms with Crippen LogP contribution in [0.2, 0.25) is 0 Å². The predicted octanol–water partition coefficient (Wildman–Crippen LogP) is 1.33. The highest BCUT2D eigenvalue weighted by Crippen LogP contribution is 2.43. The van der Waals surface area contributed by atoms with Crippen molar-refractivity contribution in [2.45, 2.75) is 31.5 Å². The van der Waals surface area contributed by atoms with Gasteiger partial charge in [-0.15, -0.1) is 0 Å². The van der Waals surface area contributed by atoms with E-state index in [-0.39, 0.29) is 17.8 Å². The van der Waals surface area contributed by atoms with Crippen LogP contribution in [-0.4, -0.2) is 31.2 Å². The highest BCUT2D eigenvalue weighted by atomic mass is 16.5. The van der Waals surface area contributed by atoms with E-state index in [9.17, 15) is 4.79 Å². The summed E-state index contributed by atoms with van der Waals surface area (Å²) in [6, 6.07) is 0. The Hall–Kier alpha value is -0.670. The summed E-state index contributed by atoms with van der Waals surface area (Å²) in [5, 5.41) is 0. The fourth-order valence-corrected chi connectivity index (χ4v) is 2.47. The first-order valence-electron chi connectivity index (χ1n) is 5.01. The van der Waals surface area contributed by atoms with Crippen molar-refractivity contribution in [2.24, 2.45) is 5.92 Å². The first-order valence-corrected chi connectivity index (χ1v) is 5.01. The Morgan fingerprint density at radius 2 is 2.36 bits per heavy atom. The van der Waals surface area contributed by atoms with Gasteiger partial charge in [0.15, 0.2) is 5.78 Å². The lowest BCUT2D eigenvalue weighted by Gasteiger charge is -2.34. The van der Waals surface area contributed by atoms with Crippen molar-refractivity contribution in [2.75, 3.05) is 13.7 Å². The molecule has 3 nitrogen and oxygen atoms in total. The average Bonchev–Trinajstić information content (AvgIpc) is 2.43. The van der Waals surface area contributed by atoms with Gasteiger partial charge in [-0.1, -0.05) is 6.58 Å². The monoisotopic (exact) mass is 196 g/mol. The number of fused-ring (bicyclic) bond motifs is 1. The van der Waals surface area contributed by atoms with Gasteiger partial charge in [-0.2, -0.15) is 0 Å². The zero-order valence-electron chi connectivity index (χ0n) is 8.71. The molecule has 0 amide bonds. The van der Waals surface area contributed by atoms with Gasteiger partial charge in [0.2, 0.25) is 0 Å². The van der Waals surface area contributed by atoms with E-state index in [1.54, 1.807) is 7.11 Å². The van der Waals surface area contributed by atoms with Crippen LogP contribution in [0.15, 0.2) is 12.2 Å². The van der Waals surface area contributed by atoms with Crippen LogP contribution in [0, 0.1) is 5.92 Å². The third-order valence-electron chi connectivity index (χ3n) is 3.52. The van der Waals surface area contributed by atoms with Crippen molar-refractivity contribution in [3.8, 4) is 0 Å². The number of rotatable bonds is 1. The molecule has 0 radical (unpaired) electrons. The van der Waals surface area contributed by atoms with Gasteiger partial charge < -0.3 is 9.47 Å². The lowest BCUT2D eigenvalue weighted by Crippen LogP contribution is -2.44. The fourth-order valence-electron chi connectivity index (χ4n) is 2.47. The summed E-state index contributed by atoms with van der Waals surface area (Å²) in [6.07, 6.45) is 1.74. The van der Waals surface area contributed by atoms with E-state index in [1.807, 2.05) is 6.92 Å². The molecule has 1 heterocycles. The molecular formula is C11H16O3. The number of ketones is 1. The summed E-state index contributed by atoms with van der Waals surface area (Å²) in [6.45, 7) is 6.44. The number of methoxy groups -OCH3 is 1. The Labute approximate surface area is 84.1 Å². The third kappa shape index (κ3) is 1.09. The van der Waals surface area contributed by atoms with Crippen molar-refractivity contribution >= 4 is 5.78 Å². The maximum atomic E-state index is 11.9. The fraction of sp³-hybridized carbons (Fsp3) is 0.727. The zero-order valence-corrected chi connectivity index (χ0v) is 8.71. The number of carbonyl (C=O) groups is 1.